The second-order valence-corrected chi connectivity index (χ2v) is 7.58. The number of nitrogens with zero attached hydrogens (tertiary/aromatic N) is 4. The average molecular weight is 383 g/mol. The molecular weight excluding hydrogens is 358 g/mol. The van der Waals surface area contributed by atoms with Crippen LogP contribution < -0.4 is 26.1 Å². The Morgan fingerprint density at radius 3 is 2.86 bits per heavy atom. The van der Waals surface area contributed by atoms with E-state index in [2.05, 4.69) is 25.8 Å². The molecule has 2 heterocycles. The maximum atomic E-state index is 11.4. The molecule has 0 saturated carbocycles. The van der Waals surface area contributed by atoms with Crippen molar-refractivity contribution in [1.29, 1.82) is 0 Å². The van der Waals surface area contributed by atoms with E-state index in [0.717, 1.165) is 16.8 Å². The monoisotopic (exact) mass is 383 g/mol. The van der Waals surface area contributed by atoms with Gasteiger partial charge in [0.15, 0.2) is 5.82 Å². The Morgan fingerprint density at radius 1 is 1.36 bits per heavy atom. The number of benzene rings is 1. The van der Waals surface area contributed by atoms with Gasteiger partial charge in [-0.1, -0.05) is 6.07 Å². The summed E-state index contributed by atoms with van der Waals surface area (Å²) in [4.78, 5) is 22.0. The van der Waals surface area contributed by atoms with Gasteiger partial charge in [-0.25, -0.2) is 0 Å². The number of amides is 1. The Hall–Kier alpha value is -3.20. The van der Waals surface area contributed by atoms with Crippen LogP contribution in [0.3, 0.4) is 0 Å². The lowest BCUT2D eigenvalue weighted by molar-refractivity contribution is -0.115. The Labute approximate surface area is 164 Å². The van der Waals surface area contributed by atoms with Gasteiger partial charge < -0.3 is 20.7 Å². The van der Waals surface area contributed by atoms with Crippen molar-refractivity contribution in [2.45, 2.75) is 25.8 Å². The number of fused-ring (bicyclic) bond motifs is 1. The third-order valence-corrected chi connectivity index (χ3v) is 3.87. The van der Waals surface area contributed by atoms with Crippen molar-refractivity contribution in [3.8, 4) is 6.01 Å². The van der Waals surface area contributed by atoms with Crippen LogP contribution >= 0.6 is 0 Å². The maximum Gasteiger partial charge on any atom is 0.320 e. The maximum absolute atomic E-state index is 11.4. The van der Waals surface area contributed by atoms with Crippen molar-refractivity contribution >= 4 is 29.4 Å². The number of hydrazone groups is 1. The van der Waals surface area contributed by atoms with E-state index in [-0.39, 0.29) is 18.5 Å². The van der Waals surface area contributed by atoms with Crippen LogP contribution in [-0.4, -0.2) is 48.3 Å². The van der Waals surface area contributed by atoms with Crippen LogP contribution in [0.15, 0.2) is 29.4 Å². The number of hydrogen-bond acceptors (Lipinski definition) is 8. The zero-order valence-electron chi connectivity index (χ0n) is 16.5. The largest absolute Gasteiger partial charge is 0.461 e. The van der Waals surface area contributed by atoms with Gasteiger partial charge >= 0.3 is 6.01 Å². The minimum absolute atomic E-state index is 0.00704. The molecule has 0 bridgehead atoms. The summed E-state index contributed by atoms with van der Waals surface area (Å²) in [6.07, 6.45) is 2.06. The number of nitrogens with one attached hydrogen (secondary N) is 2. The average Bonchev–Trinajstić information content (AvgIpc) is 2.98. The van der Waals surface area contributed by atoms with Crippen molar-refractivity contribution in [3.05, 3.63) is 35.4 Å². The topological polar surface area (TPSA) is 118 Å². The van der Waals surface area contributed by atoms with Crippen LogP contribution in [0.2, 0.25) is 0 Å². The van der Waals surface area contributed by atoms with Gasteiger partial charge in [0.1, 0.15) is 12.4 Å². The molecule has 4 N–H and O–H groups in total. The molecule has 0 saturated heterocycles. The fraction of sp³-hybridized carbons (Fsp3) is 0.368. The number of carbonyl (C=O) groups is 1. The molecule has 9 nitrogen and oxygen atoms in total. The first-order valence-corrected chi connectivity index (χ1v) is 8.89. The van der Waals surface area contributed by atoms with Gasteiger partial charge in [0.2, 0.25) is 5.91 Å². The summed E-state index contributed by atoms with van der Waals surface area (Å²) in [7, 11) is 3.76. The number of aromatic nitrogens is 2. The Bertz CT molecular complexity index is 904. The van der Waals surface area contributed by atoms with E-state index >= 15 is 0 Å². The minimum atomic E-state index is -0.493. The summed E-state index contributed by atoms with van der Waals surface area (Å²) in [5.41, 5.74) is 11.1. The van der Waals surface area contributed by atoms with Gasteiger partial charge in [0.05, 0.1) is 12.6 Å². The van der Waals surface area contributed by atoms with E-state index in [0.29, 0.717) is 18.1 Å². The van der Waals surface area contributed by atoms with Crippen molar-refractivity contribution in [2.24, 2.45) is 10.8 Å². The standard InChI is InChI=1S/C19H25N7O2/c1-19(2,20)11-28-18-23-15(9-16(24-18)26(3)4)25-21-10-12-5-6-14-13(7-12)8-17(27)22-14/h5-7,9-10H,8,11,20H2,1-4H3,(H,22,27)(H,23,24,25). The summed E-state index contributed by atoms with van der Waals surface area (Å²) in [5, 5.41) is 7.05. The molecule has 28 heavy (non-hydrogen) atoms. The highest BCUT2D eigenvalue weighted by atomic mass is 16.5. The Morgan fingerprint density at radius 2 is 2.14 bits per heavy atom. The highest BCUT2D eigenvalue weighted by molar-refractivity contribution is 6.00. The first-order chi connectivity index (χ1) is 13.2. The summed E-state index contributed by atoms with van der Waals surface area (Å²) < 4.78 is 5.62. The first kappa shape index (κ1) is 19.6. The van der Waals surface area contributed by atoms with Gasteiger partial charge in [0, 0.05) is 31.4 Å². The fourth-order valence-electron chi connectivity index (χ4n) is 2.52. The van der Waals surface area contributed by atoms with E-state index in [1.807, 2.05) is 51.0 Å². The third kappa shape index (κ3) is 5.17. The van der Waals surface area contributed by atoms with Gasteiger partial charge in [0.25, 0.3) is 0 Å². The van der Waals surface area contributed by atoms with Crippen LogP contribution in [-0.2, 0) is 11.2 Å². The molecule has 9 heteroatoms. The second-order valence-electron chi connectivity index (χ2n) is 7.58. The van der Waals surface area contributed by atoms with Crippen LogP contribution in [0.4, 0.5) is 17.3 Å². The lowest BCUT2D eigenvalue weighted by Crippen LogP contribution is -2.39. The first-order valence-electron chi connectivity index (χ1n) is 8.89. The molecule has 0 atom stereocenters. The van der Waals surface area contributed by atoms with E-state index in [1.165, 1.54) is 0 Å². The zero-order chi connectivity index (χ0) is 20.3. The van der Waals surface area contributed by atoms with Crippen LogP contribution in [0.5, 0.6) is 6.01 Å². The molecule has 0 radical (unpaired) electrons. The summed E-state index contributed by atoms with van der Waals surface area (Å²) in [6.45, 7) is 4.02. The van der Waals surface area contributed by atoms with Crippen molar-refractivity contribution in [2.75, 3.05) is 36.3 Å². The molecule has 2 aromatic rings. The lowest BCUT2D eigenvalue weighted by atomic mass is 10.1. The molecule has 1 amide bonds. The van der Waals surface area contributed by atoms with Crippen molar-refractivity contribution in [1.82, 2.24) is 9.97 Å². The molecule has 1 aromatic carbocycles. The van der Waals surface area contributed by atoms with Crippen LogP contribution in [0.1, 0.15) is 25.0 Å². The number of carbonyl (C=O) groups excluding carboxylic acids is 1. The van der Waals surface area contributed by atoms with Gasteiger partial charge in [-0.15, -0.1) is 0 Å². The molecular formula is C19H25N7O2. The number of nitrogens with two attached hydrogens (primary N) is 1. The molecule has 1 aliphatic heterocycles. The number of anilines is 3. The molecule has 148 valence electrons. The summed E-state index contributed by atoms with van der Waals surface area (Å²) in [5.74, 6) is 1.19. The van der Waals surface area contributed by atoms with E-state index in [1.54, 1.807) is 12.3 Å². The molecule has 0 unspecified atom stereocenters. The van der Waals surface area contributed by atoms with Crippen LogP contribution in [0.25, 0.3) is 0 Å². The Balaban J connectivity index is 1.72. The summed E-state index contributed by atoms with van der Waals surface area (Å²) in [6, 6.07) is 7.68. The van der Waals surface area contributed by atoms with Crippen molar-refractivity contribution in [3.63, 3.8) is 0 Å². The number of ether oxygens (including phenoxy) is 1. The smallest absolute Gasteiger partial charge is 0.320 e. The minimum Gasteiger partial charge on any atom is -0.461 e. The van der Waals surface area contributed by atoms with Gasteiger partial charge in [-0.05, 0) is 37.1 Å². The molecule has 1 aromatic heterocycles. The lowest BCUT2D eigenvalue weighted by Gasteiger charge is -2.19. The van der Waals surface area contributed by atoms with Gasteiger partial charge in [-0.2, -0.15) is 15.1 Å². The molecule has 1 aliphatic rings. The van der Waals surface area contributed by atoms with E-state index in [4.69, 9.17) is 10.5 Å². The second kappa shape index (κ2) is 7.81. The van der Waals surface area contributed by atoms with Crippen LogP contribution in [0, 0.1) is 0 Å². The van der Waals surface area contributed by atoms with Gasteiger partial charge in [-0.3, -0.25) is 10.2 Å². The number of hydrogen-bond donors (Lipinski definition) is 3. The zero-order valence-corrected chi connectivity index (χ0v) is 16.5. The number of rotatable bonds is 7. The Kier molecular flexibility index (Phi) is 5.46. The predicted molar refractivity (Wildman–Crippen MR) is 110 cm³/mol. The quantitative estimate of drug-likeness (QED) is 0.491. The predicted octanol–water partition coefficient (Wildman–Crippen LogP) is 1.60. The summed E-state index contributed by atoms with van der Waals surface area (Å²) >= 11 is 0. The highest BCUT2D eigenvalue weighted by Crippen LogP contribution is 2.23. The fourth-order valence-corrected chi connectivity index (χ4v) is 2.52. The van der Waals surface area contributed by atoms with E-state index < -0.39 is 5.54 Å². The highest BCUT2D eigenvalue weighted by Gasteiger charge is 2.17. The van der Waals surface area contributed by atoms with E-state index in [9.17, 15) is 4.79 Å². The molecule has 0 fully saturated rings. The SMILES string of the molecule is CN(C)c1cc(NN=Cc2ccc3c(c2)CC(=O)N3)nc(OCC(C)(C)N)n1. The normalized spacial score (nSPS) is 13.4. The third-order valence-electron chi connectivity index (χ3n) is 3.87. The molecule has 3 rings (SSSR count). The molecule has 0 spiro atoms. The van der Waals surface area contributed by atoms with Crippen molar-refractivity contribution < 1.29 is 9.53 Å². The molecule has 0 aliphatic carbocycles.